The van der Waals surface area contributed by atoms with Crippen LogP contribution in [0.3, 0.4) is 0 Å². The average Bonchev–Trinajstić information content (AvgIpc) is 3.77. The van der Waals surface area contributed by atoms with Crippen molar-refractivity contribution in [3.05, 3.63) is 71.0 Å². The highest BCUT2D eigenvalue weighted by atomic mass is 31.2. The lowest BCUT2D eigenvalue weighted by Gasteiger charge is -2.50. The second kappa shape index (κ2) is 26.2. The largest absolute Gasteiger partial charge is 0.448 e. The number of nitriles is 1. The number of hydrogen-bond acceptors (Lipinski definition) is 16. The molecule has 2 aliphatic heterocycles. The smallest absolute Gasteiger partial charge is 0.327 e. The van der Waals surface area contributed by atoms with Gasteiger partial charge < -0.3 is 68.1 Å². The second-order valence-corrected chi connectivity index (χ2v) is 19.4. The number of likely N-dealkylation sites (N-methyl/N-ethyl adjacent to an activating group) is 1. The zero-order valence-corrected chi connectivity index (χ0v) is 41.3. The molecule has 0 radical (unpaired) electrons. The van der Waals surface area contributed by atoms with Crippen LogP contribution >= 0.6 is 8.60 Å². The van der Waals surface area contributed by atoms with Gasteiger partial charge in [0.2, 0.25) is 0 Å². The maximum absolute atomic E-state index is 11.6. The van der Waals surface area contributed by atoms with E-state index in [0.717, 1.165) is 16.7 Å². The lowest BCUT2D eigenvalue weighted by atomic mass is 9.72. The molecule has 1 aromatic heterocycles. The van der Waals surface area contributed by atoms with Gasteiger partial charge in [0.05, 0.1) is 61.4 Å². The van der Waals surface area contributed by atoms with Crippen LogP contribution in [0.5, 0.6) is 0 Å². The Morgan fingerprint density at radius 1 is 1.06 bits per heavy atom. The minimum absolute atomic E-state index is 0.00750. The Hall–Kier alpha value is -2.69. The van der Waals surface area contributed by atoms with Crippen molar-refractivity contribution in [1.29, 1.82) is 5.26 Å². The predicted octanol–water partition coefficient (Wildman–Crippen LogP) is 5.52. The minimum atomic E-state index is -2.86. The Bertz CT molecular complexity index is 1810. The highest BCUT2D eigenvalue weighted by Crippen LogP contribution is 2.57. The molecular formula is C48H78N3O13P. The number of aliphatic hydroxyl groups excluding tert-OH is 5. The third-order valence-corrected chi connectivity index (χ3v) is 13.8. The summed E-state index contributed by atoms with van der Waals surface area (Å²) in [4.78, 5) is 26.8. The van der Waals surface area contributed by atoms with Gasteiger partial charge >= 0.3 is 8.60 Å². The lowest BCUT2D eigenvalue weighted by molar-refractivity contribution is -0.334. The first kappa shape index (κ1) is 56.6. The Labute approximate surface area is 387 Å². The van der Waals surface area contributed by atoms with Gasteiger partial charge in [0.1, 0.15) is 24.2 Å². The summed E-state index contributed by atoms with van der Waals surface area (Å²) in [5.41, 5.74) is 2.28. The fourth-order valence-electron chi connectivity index (χ4n) is 8.71. The molecule has 10 unspecified atom stereocenters. The van der Waals surface area contributed by atoms with E-state index in [4.69, 9.17) is 33.2 Å². The average molecular weight is 936 g/mol. The lowest BCUT2D eigenvalue weighted by Crippen LogP contribution is -2.58. The molecule has 2 fully saturated rings. The van der Waals surface area contributed by atoms with Crippen molar-refractivity contribution in [2.75, 3.05) is 34.9 Å². The van der Waals surface area contributed by atoms with E-state index in [0.29, 0.717) is 37.3 Å². The third kappa shape index (κ3) is 15.4. The molecule has 1 spiro atoms. The van der Waals surface area contributed by atoms with Crippen LogP contribution in [0.25, 0.3) is 6.08 Å². The molecule has 3 heterocycles. The third-order valence-electron chi connectivity index (χ3n) is 13.4. The molecule has 0 aromatic carbocycles. The molecular weight excluding hydrogens is 858 g/mol. The van der Waals surface area contributed by atoms with Crippen LogP contribution in [0, 0.1) is 34.5 Å². The fraction of sp³-hybridized carbons (Fsp3) is 0.708. The number of hydrogen-bond donors (Lipinski definition) is 7. The summed E-state index contributed by atoms with van der Waals surface area (Å²) < 4.78 is 36.2. The number of oxazole rings is 1. The number of nitrogens with zero attached hydrogens (tertiary/aromatic N) is 3. The quantitative estimate of drug-likeness (QED) is 0.0363. The van der Waals surface area contributed by atoms with Crippen molar-refractivity contribution in [3.8, 4) is 6.07 Å². The monoisotopic (exact) mass is 936 g/mol. The molecule has 16 nitrogen and oxygen atoms in total. The van der Waals surface area contributed by atoms with Gasteiger partial charge in [-0.1, -0.05) is 70.6 Å². The summed E-state index contributed by atoms with van der Waals surface area (Å²) in [6, 6.07) is 1.66. The standard InChI is InChI=1S/C48H78N3O13P/c1-29(22-23-49)16-13-17-30(2)31(3)24-32(4)43(55)34(6)38(53)25-41(60-12)45-46(64-65(57)58)47(7,8)48(63-45)26-39(54)33(5)40(62-48)20-14-18-35-27-61-42(50-35)21-15-19-37(52)44(56)36(28-59-11)51(9)10/h13-14,16-18,22,24,27,32-34,36-41,43-46,52-58H,15,19-21,25-26,28H2,1-12H3/b16-13+,18-14+,29-22-,30-17+,31-24+/t32-,33?,34+,36?,37?,38?,39-,40?,41?,43?,44+,45?,46?,48?/m0/s1. The van der Waals surface area contributed by atoms with E-state index in [9.17, 15) is 35.3 Å². The zero-order valence-electron chi connectivity index (χ0n) is 40.4. The molecule has 0 amide bonds. The number of methoxy groups -OCH3 is 2. The van der Waals surface area contributed by atoms with Gasteiger partial charge in [0, 0.05) is 62.7 Å². The number of allylic oxidation sites excluding steroid dienone is 7. The van der Waals surface area contributed by atoms with Crippen molar-refractivity contribution in [2.24, 2.45) is 23.2 Å². The van der Waals surface area contributed by atoms with E-state index in [2.05, 4.69) is 4.98 Å². The molecule has 2 aliphatic rings. The van der Waals surface area contributed by atoms with Crippen LogP contribution in [-0.2, 0) is 29.9 Å². The number of aryl methyl sites for hydroxylation is 1. The first-order valence-corrected chi connectivity index (χ1v) is 23.7. The number of aromatic nitrogens is 1. The van der Waals surface area contributed by atoms with Crippen molar-refractivity contribution in [2.45, 2.75) is 161 Å². The minimum Gasteiger partial charge on any atom is -0.448 e. The molecule has 3 rings (SSSR count). The van der Waals surface area contributed by atoms with Crippen molar-refractivity contribution in [3.63, 3.8) is 0 Å². The van der Waals surface area contributed by atoms with E-state index >= 15 is 0 Å². The van der Waals surface area contributed by atoms with Gasteiger partial charge in [0.25, 0.3) is 0 Å². The van der Waals surface area contributed by atoms with Crippen molar-refractivity contribution >= 4 is 14.7 Å². The molecule has 2 saturated heterocycles. The first-order chi connectivity index (χ1) is 30.5. The van der Waals surface area contributed by atoms with E-state index < -0.39 is 80.7 Å². The highest BCUT2D eigenvalue weighted by molar-refractivity contribution is 7.39. The maximum atomic E-state index is 11.6. The molecule has 1 aromatic rings. The molecule has 14 atom stereocenters. The molecule has 0 aliphatic carbocycles. The summed E-state index contributed by atoms with van der Waals surface area (Å²) in [7, 11) is 3.80. The molecule has 17 heteroatoms. The van der Waals surface area contributed by atoms with Gasteiger partial charge in [0.15, 0.2) is 11.7 Å². The Morgan fingerprint density at radius 3 is 2.37 bits per heavy atom. The van der Waals surface area contributed by atoms with Gasteiger partial charge in [-0.25, -0.2) is 4.98 Å². The van der Waals surface area contributed by atoms with Crippen molar-refractivity contribution in [1.82, 2.24) is 9.88 Å². The Kier molecular flexibility index (Phi) is 22.8. The van der Waals surface area contributed by atoms with Gasteiger partial charge in [-0.2, -0.15) is 5.26 Å². The number of ether oxygens (including phenoxy) is 4. The van der Waals surface area contributed by atoms with Crippen LogP contribution in [0.4, 0.5) is 0 Å². The normalized spacial score (nSPS) is 28.2. The Morgan fingerprint density at radius 2 is 1.75 bits per heavy atom. The summed E-state index contributed by atoms with van der Waals surface area (Å²) in [6.07, 6.45) is 7.92. The first-order valence-electron chi connectivity index (χ1n) is 22.5. The summed E-state index contributed by atoms with van der Waals surface area (Å²) in [5, 5.41) is 64.6. The van der Waals surface area contributed by atoms with Gasteiger partial charge in [-0.3, -0.25) is 0 Å². The van der Waals surface area contributed by atoms with Crippen LogP contribution in [0.2, 0.25) is 0 Å². The maximum Gasteiger partial charge on any atom is 0.327 e. The Balaban J connectivity index is 1.72. The molecule has 7 N–H and O–H groups in total. The summed E-state index contributed by atoms with van der Waals surface area (Å²) >= 11 is 0. The zero-order chi connectivity index (χ0) is 48.8. The van der Waals surface area contributed by atoms with E-state index in [-0.39, 0.29) is 37.3 Å². The topological polar surface area (TPSA) is 241 Å². The van der Waals surface area contributed by atoms with E-state index in [1.165, 1.54) is 19.4 Å². The molecule has 368 valence electrons. The van der Waals surface area contributed by atoms with Crippen LogP contribution in [-0.4, -0.2) is 147 Å². The number of aliphatic hydroxyl groups is 5. The van der Waals surface area contributed by atoms with Gasteiger partial charge in [-0.15, -0.1) is 0 Å². The molecule has 65 heavy (non-hydrogen) atoms. The van der Waals surface area contributed by atoms with E-state index in [1.54, 1.807) is 20.1 Å². The SMILES string of the molecule is COCC([C@@H](O)C(O)CCCc1nc(/C=C/CC2OC3(C[C@H](O)C2C)OC(C(CC(O)[C@@H](C)C(O)[C@@H](C)/C=C(C)/C(C)=C/C=C/C(C)=C\C#N)OC)C(OP(O)O)C3(C)C)co1)N(C)C. The number of rotatable bonds is 25. The molecule has 0 saturated carbocycles. The second-order valence-electron chi connectivity index (χ2n) is 18.7. The fourth-order valence-corrected chi connectivity index (χ4v) is 9.30. The predicted molar refractivity (Wildman–Crippen MR) is 249 cm³/mol. The van der Waals surface area contributed by atoms with Crippen LogP contribution < -0.4 is 0 Å². The highest BCUT2D eigenvalue weighted by Gasteiger charge is 2.67. The van der Waals surface area contributed by atoms with Crippen LogP contribution in [0.1, 0.15) is 99.1 Å². The van der Waals surface area contributed by atoms with Crippen LogP contribution in [0.15, 0.2) is 63.9 Å². The summed E-state index contributed by atoms with van der Waals surface area (Å²) in [6.45, 7) is 15.2. The van der Waals surface area contributed by atoms with Crippen molar-refractivity contribution < 1.29 is 63.2 Å². The summed E-state index contributed by atoms with van der Waals surface area (Å²) in [5.74, 6) is -2.21. The van der Waals surface area contributed by atoms with E-state index in [1.807, 2.05) is 104 Å². The molecule has 0 bridgehead atoms. The van der Waals surface area contributed by atoms with Gasteiger partial charge in [-0.05, 0) is 71.4 Å².